The van der Waals surface area contributed by atoms with Gasteiger partial charge in [0.1, 0.15) is 6.54 Å². The topological polar surface area (TPSA) is 57.6 Å². The van der Waals surface area contributed by atoms with Gasteiger partial charge in [-0.15, -0.1) is 0 Å². The predicted molar refractivity (Wildman–Crippen MR) is 104 cm³/mol. The summed E-state index contributed by atoms with van der Waals surface area (Å²) in [5.41, 5.74) is 1.12. The summed E-state index contributed by atoms with van der Waals surface area (Å²) in [5.74, 6) is 0.0413. The van der Waals surface area contributed by atoms with Gasteiger partial charge in [-0.25, -0.2) is 4.79 Å². The van der Waals surface area contributed by atoms with E-state index in [0.29, 0.717) is 19.1 Å². The molecule has 0 aliphatic heterocycles. The third kappa shape index (κ3) is 5.51. The fourth-order valence-corrected chi connectivity index (χ4v) is 3.00. The molecule has 1 unspecified atom stereocenters. The van der Waals surface area contributed by atoms with Crippen molar-refractivity contribution in [3.8, 4) is 0 Å². The zero-order valence-corrected chi connectivity index (χ0v) is 16.7. The van der Waals surface area contributed by atoms with E-state index in [1.165, 1.54) is 0 Å². The summed E-state index contributed by atoms with van der Waals surface area (Å²) in [4.78, 5) is 29.2. The maximum Gasteiger partial charge on any atom is 0.318 e. The monoisotopic (exact) mass is 362 g/mol. The van der Waals surface area contributed by atoms with Crippen LogP contribution in [0.2, 0.25) is 0 Å². The van der Waals surface area contributed by atoms with Gasteiger partial charge in [-0.2, -0.15) is 0 Å². The van der Waals surface area contributed by atoms with Crippen molar-refractivity contribution in [1.29, 1.82) is 0 Å². The van der Waals surface area contributed by atoms with Gasteiger partial charge >= 0.3 is 6.03 Å². The van der Waals surface area contributed by atoms with Crippen LogP contribution >= 0.6 is 0 Å². The van der Waals surface area contributed by atoms with E-state index in [9.17, 15) is 9.59 Å². The maximum atomic E-state index is 13.0. The highest BCUT2D eigenvalue weighted by Gasteiger charge is 2.34. The van der Waals surface area contributed by atoms with Gasteiger partial charge in [-0.1, -0.05) is 20.3 Å². The molecule has 2 rings (SSSR count). The molecule has 1 atom stereocenters. The quantitative estimate of drug-likeness (QED) is 0.650. The summed E-state index contributed by atoms with van der Waals surface area (Å²) in [7, 11) is 2.00. The van der Waals surface area contributed by atoms with Gasteiger partial charge < -0.3 is 19.7 Å². The average molecular weight is 363 g/mol. The average Bonchev–Trinajstić information content (AvgIpc) is 3.39. The molecule has 1 heterocycles. The molecule has 146 valence electrons. The van der Waals surface area contributed by atoms with Crippen molar-refractivity contribution in [2.75, 3.05) is 13.1 Å². The number of nitrogens with one attached hydrogen (secondary N) is 1. The Balaban J connectivity index is 2.03. The second kappa shape index (κ2) is 9.64. The van der Waals surface area contributed by atoms with Crippen LogP contribution in [0, 0.1) is 0 Å². The number of aromatic nitrogens is 1. The third-order valence-electron chi connectivity index (χ3n) is 5.19. The molecule has 0 bridgehead atoms. The van der Waals surface area contributed by atoms with Crippen molar-refractivity contribution >= 4 is 11.9 Å². The first-order valence-electron chi connectivity index (χ1n) is 9.92. The molecular weight excluding hydrogens is 328 g/mol. The van der Waals surface area contributed by atoms with Gasteiger partial charge in [0.05, 0.1) is 6.54 Å². The Morgan fingerprint density at radius 1 is 1.35 bits per heavy atom. The summed E-state index contributed by atoms with van der Waals surface area (Å²) >= 11 is 0. The van der Waals surface area contributed by atoms with Gasteiger partial charge in [0.2, 0.25) is 5.91 Å². The van der Waals surface area contributed by atoms with E-state index in [0.717, 1.165) is 37.8 Å². The van der Waals surface area contributed by atoms with E-state index < -0.39 is 0 Å². The minimum absolute atomic E-state index is 0.0386. The molecular formula is C20H34N4O2. The van der Waals surface area contributed by atoms with Crippen LogP contribution < -0.4 is 5.32 Å². The Hall–Kier alpha value is -1.98. The minimum atomic E-state index is -0.129. The van der Waals surface area contributed by atoms with Gasteiger partial charge in [0, 0.05) is 37.6 Å². The second-order valence-electron chi connectivity index (χ2n) is 7.33. The summed E-state index contributed by atoms with van der Waals surface area (Å²) in [6.45, 7) is 7.56. The van der Waals surface area contributed by atoms with E-state index in [-0.39, 0.29) is 24.5 Å². The molecule has 1 aliphatic rings. The molecule has 1 N–H and O–H groups in total. The maximum absolute atomic E-state index is 13.0. The molecule has 6 heteroatoms. The Bertz CT molecular complexity index is 594. The second-order valence-corrected chi connectivity index (χ2v) is 7.33. The van der Waals surface area contributed by atoms with Crippen molar-refractivity contribution in [3.63, 3.8) is 0 Å². The minimum Gasteiger partial charge on any atom is -0.353 e. The van der Waals surface area contributed by atoms with Crippen LogP contribution in [0.5, 0.6) is 0 Å². The number of carbonyl (C=O) groups is 2. The molecule has 26 heavy (non-hydrogen) atoms. The Morgan fingerprint density at radius 2 is 2.08 bits per heavy atom. The Morgan fingerprint density at radius 3 is 2.62 bits per heavy atom. The number of unbranched alkanes of at least 4 members (excludes halogenated alkanes) is 1. The highest BCUT2D eigenvalue weighted by molar-refractivity contribution is 5.84. The number of urea groups is 1. The van der Waals surface area contributed by atoms with E-state index in [1.807, 2.05) is 48.7 Å². The molecule has 3 amide bonds. The lowest BCUT2D eigenvalue weighted by Crippen LogP contribution is -2.50. The van der Waals surface area contributed by atoms with Crippen LogP contribution in [0.15, 0.2) is 18.3 Å². The third-order valence-corrected chi connectivity index (χ3v) is 5.19. The van der Waals surface area contributed by atoms with Crippen molar-refractivity contribution in [2.45, 2.75) is 71.5 Å². The number of carbonyl (C=O) groups excluding carboxylic acids is 2. The summed E-state index contributed by atoms with van der Waals surface area (Å²) in [5, 5.41) is 2.95. The molecule has 0 radical (unpaired) electrons. The first-order valence-corrected chi connectivity index (χ1v) is 9.92. The highest BCUT2D eigenvalue weighted by atomic mass is 16.2. The standard InChI is InChI=1S/C20H34N4O2/c1-5-7-12-21-20(26)23(16(3)6-2)15-19(25)24(17-10-11-17)14-18-9-8-13-22(18)4/h8-9,13,16-17H,5-7,10-12,14-15H2,1-4H3,(H,21,26). The number of aryl methyl sites for hydroxylation is 1. The zero-order chi connectivity index (χ0) is 19.1. The summed E-state index contributed by atoms with van der Waals surface area (Å²) in [6, 6.07) is 4.27. The molecule has 1 aromatic rings. The van der Waals surface area contributed by atoms with Gasteiger partial charge in [0.15, 0.2) is 0 Å². The number of hydrogen-bond donors (Lipinski definition) is 1. The van der Waals surface area contributed by atoms with Crippen LogP contribution in [0.25, 0.3) is 0 Å². The fourth-order valence-electron chi connectivity index (χ4n) is 3.00. The largest absolute Gasteiger partial charge is 0.353 e. The van der Waals surface area contributed by atoms with Crippen LogP contribution in [0.4, 0.5) is 4.79 Å². The normalized spacial score (nSPS) is 14.8. The zero-order valence-electron chi connectivity index (χ0n) is 16.7. The lowest BCUT2D eigenvalue weighted by atomic mass is 10.2. The number of amides is 3. The number of hydrogen-bond acceptors (Lipinski definition) is 2. The van der Waals surface area contributed by atoms with Crippen LogP contribution in [0.3, 0.4) is 0 Å². The molecule has 0 saturated heterocycles. The van der Waals surface area contributed by atoms with Crippen molar-refractivity contribution in [3.05, 3.63) is 24.0 Å². The van der Waals surface area contributed by atoms with Crippen molar-refractivity contribution in [1.82, 2.24) is 19.7 Å². The van der Waals surface area contributed by atoms with Crippen molar-refractivity contribution in [2.24, 2.45) is 7.05 Å². The molecule has 1 aliphatic carbocycles. The van der Waals surface area contributed by atoms with E-state index in [1.54, 1.807) is 4.90 Å². The van der Waals surface area contributed by atoms with Crippen LogP contribution in [0.1, 0.15) is 58.6 Å². The lowest BCUT2D eigenvalue weighted by Gasteiger charge is -2.31. The smallest absolute Gasteiger partial charge is 0.318 e. The van der Waals surface area contributed by atoms with Gasteiger partial charge in [0.25, 0.3) is 0 Å². The summed E-state index contributed by atoms with van der Waals surface area (Å²) in [6.07, 6.45) is 6.93. The van der Waals surface area contributed by atoms with Crippen LogP contribution in [-0.4, -0.2) is 51.5 Å². The molecule has 1 aromatic heterocycles. The van der Waals surface area contributed by atoms with E-state index >= 15 is 0 Å². The van der Waals surface area contributed by atoms with E-state index in [4.69, 9.17) is 0 Å². The summed E-state index contributed by atoms with van der Waals surface area (Å²) < 4.78 is 2.05. The number of rotatable bonds is 10. The van der Waals surface area contributed by atoms with Crippen molar-refractivity contribution < 1.29 is 9.59 Å². The highest BCUT2D eigenvalue weighted by Crippen LogP contribution is 2.28. The molecule has 6 nitrogen and oxygen atoms in total. The first-order chi connectivity index (χ1) is 12.5. The lowest BCUT2D eigenvalue weighted by molar-refractivity contribution is -0.133. The number of nitrogens with zero attached hydrogens (tertiary/aromatic N) is 3. The molecule has 1 saturated carbocycles. The predicted octanol–water partition coefficient (Wildman–Crippen LogP) is 3.13. The molecule has 1 fully saturated rings. The Kier molecular flexibility index (Phi) is 7.54. The Labute approximate surface area is 157 Å². The van der Waals surface area contributed by atoms with Gasteiger partial charge in [-0.3, -0.25) is 4.79 Å². The van der Waals surface area contributed by atoms with E-state index in [2.05, 4.69) is 12.2 Å². The van der Waals surface area contributed by atoms with Gasteiger partial charge in [-0.05, 0) is 44.7 Å². The molecule has 0 aromatic carbocycles. The fraction of sp³-hybridized carbons (Fsp3) is 0.700. The van der Waals surface area contributed by atoms with Crippen LogP contribution in [-0.2, 0) is 18.4 Å². The SMILES string of the molecule is CCCCNC(=O)N(CC(=O)N(Cc1cccn1C)C1CC1)C(C)CC. The first kappa shape index (κ1) is 20.3. The molecule has 0 spiro atoms.